The number of carbonyl (C=O) groups is 2. The number of carbonyl (C=O) groups excluding carboxylic acids is 1. The van der Waals surface area contributed by atoms with Crippen LogP contribution in [-0.2, 0) is 22.3 Å². The van der Waals surface area contributed by atoms with Gasteiger partial charge in [-0.3, -0.25) is 0 Å². The monoisotopic (exact) mass is 450 g/mol. The predicted octanol–water partition coefficient (Wildman–Crippen LogP) is 5.80. The lowest BCUT2D eigenvalue weighted by Gasteiger charge is -2.40. The Labute approximate surface area is 183 Å². The van der Waals surface area contributed by atoms with Crippen LogP contribution in [0.15, 0.2) is 48.0 Å². The van der Waals surface area contributed by atoms with Crippen molar-refractivity contribution in [3.63, 3.8) is 0 Å². The molecule has 3 rings (SSSR count). The Kier molecular flexibility index (Phi) is 6.29. The number of quaternary nitrogens is 1. The molecule has 1 aliphatic rings. The number of rotatable bonds is 6. The van der Waals surface area contributed by atoms with Crippen LogP contribution in [0.3, 0.4) is 0 Å². The van der Waals surface area contributed by atoms with Gasteiger partial charge in [0.05, 0.1) is 12.1 Å². The molecular weight excluding hydrogens is 426 g/mol. The number of alkyl halides is 3. The van der Waals surface area contributed by atoms with Crippen molar-refractivity contribution in [2.75, 3.05) is 6.54 Å². The molecule has 0 bridgehead atoms. The molecule has 1 unspecified atom stereocenters. The molecule has 0 aliphatic carbocycles. The zero-order valence-corrected chi connectivity index (χ0v) is 18.0. The molecule has 2 aromatic rings. The molecule has 4 nitrogen and oxygen atoms in total. The Bertz CT molecular complexity index is 1100. The SMILES string of the molecule is CC1=C(C(=O)O)C(=O)[N+](CCC(C)C)(Cc2cccc(F)c2)c2cc(C(F)(F)F)ccc21. The second-order valence-electron chi connectivity index (χ2n) is 8.50. The fourth-order valence-corrected chi connectivity index (χ4v) is 4.13. The van der Waals surface area contributed by atoms with E-state index >= 15 is 0 Å². The highest BCUT2D eigenvalue weighted by Crippen LogP contribution is 2.45. The molecule has 1 aliphatic heterocycles. The summed E-state index contributed by atoms with van der Waals surface area (Å²) in [7, 11) is 0. The zero-order valence-electron chi connectivity index (χ0n) is 18.0. The van der Waals surface area contributed by atoms with Crippen molar-refractivity contribution >= 4 is 23.1 Å². The van der Waals surface area contributed by atoms with Crippen LogP contribution in [0.2, 0.25) is 0 Å². The van der Waals surface area contributed by atoms with E-state index < -0.39 is 39.5 Å². The molecule has 8 heteroatoms. The maximum atomic E-state index is 13.9. The molecule has 32 heavy (non-hydrogen) atoms. The zero-order chi connectivity index (χ0) is 23.8. The van der Waals surface area contributed by atoms with Gasteiger partial charge in [-0.15, -0.1) is 0 Å². The van der Waals surface area contributed by atoms with Gasteiger partial charge in [-0.1, -0.05) is 26.0 Å². The summed E-state index contributed by atoms with van der Waals surface area (Å²) in [5.74, 6) is -2.70. The topological polar surface area (TPSA) is 54.4 Å². The maximum absolute atomic E-state index is 13.9. The quantitative estimate of drug-likeness (QED) is 0.344. The van der Waals surface area contributed by atoms with Gasteiger partial charge in [0.1, 0.15) is 18.0 Å². The first-order valence-corrected chi connectivity index (χ1v) is 10.2. The summed E-state index contributed by atoms with van der Waals surface area (Å²) in [6.45, 7) is 5.14. The average Bonchev–Trinajstić information content (AvgIpc) is 2.69. The van der Waals surface area contributed by atoms with E-state index in [9.17, 15) is 32.3 Å². The summed E-state index contributed by atoms with van der Waals surface area (Å²) in [4.78, 5) is 25.7. The van der Waals surface area contributed by atoms with Crippen molar-refractivity contribution in [1.29, 1.82) is 0 Å². The third-order valence-corrected chi connectivity index (χ3v) is 5.81. The predicted molar refractivity (Wildman–Crippen MR) is 113 cm³/mol. The van der Waals surface area contributed by atoms with Crippen LogP contribution in [0.25, 0.3) is 5.57 Å². The van der Waals surface area contributed by atoms with Crippen molar-refractivity contribution in [1.82, 2.24) is 4.48 Å². The van der Waals surface area contributed by atoms with Gasteiger partial charge in [0, 0.05) is 17.2 Å². The van der Waals surface area contributed by atoms with Gasteiger partial charge in [-0.05, 0) is 49.1 Å². The van der Waals surface area contributed by atoms with E-state index in [1.807, 2.05) is 13.8 Å². The van der Waals surface area contributed by atoms with Gasteiger partial charge in [-0.25, -0.2) is 18.5 Å². The highest BCUT2D eigenvalue weighted by Gasteiger charge is 2.50. The molecule has 0 saturated carbocycles. The van der Waals surface area contributed by atoms with E-state index in [1.54, 1.807) is 6.07 Å². The molecule has 0 spiro atoms. The van der Waals surface area contributed by atoms with Crippen LogP contribution in [0.5, 0.6) is 0 Å². The largest absolute Gasteiger partial charge is 0.477 e. The summed E-state index contributed by atoms with van der Waals surface area (Å²) in [5.41, 5.74) is -0.537. The number of amides is 1. The van der Waals surface area contributed by atoms with Gasteiger partial charge in [0.25, 0.3) is 0 Å². The summed E-state index contributed by atoms with van der Waals surface area (Å²) in [6, 6.07) is 8.49. The number of carboxylic acids is 1. The molecule has 1 atom stereocenters. The van der Waals surface area contributed by atoms with Gasteiger partial charge < -0.3 is 5.11 Å². The van der Waals surface area contributed by atoms with E-state index in [0.717, 1.165) is 12.1 Å². The molecule has 2 aromatic carbocycles. The van der Waals surface area contributed by atoms with Crippen molar-refractivity contribution in [2.24, 2.45) is 5.92 Å². The average molecular weight is 450 g/mol. The number of allylic oxidation sites excluding steroid dienone is 1. The molecule has 0 aromatic heterocycles. The summed E-state index contributed by atoms with van der Waals surface area (Å²) in [6.07, 6.45) is -4.20. The highest BCUT2D eigenvalue weighted by atomic mass is 19.4. The number of carboxylic acid groups (broad SMARTS) is 1. The molecule has 0 saturated heterocycles. The van der Waals surface area contributed by atoms with E-state index in [4.69, 9.17) is 0 Å². The van der Waals surface area contributed by atoms with Crippen LogP contribution in [0, 0.1) is 11.7 Å². The Morgan fingerprint density at radius 3 is 2.38 bits per heavy atom. The number of hydrogen-bond acceptors (Lipinski definition) is 2. The normalized spacial score (nSPS) is 18.8. The first-order chi connectivity index (χ1) is 14.9. The standard InChI is InChI=1S/C24H23F4NO3/c1-14(2)9-10-29(13-16-5-4-6-18(25)11-16)20-12-17(24(26,27)28)7-8-19(20)15(3)21(22(29)30)23(31)32/h4-8,11-12,14H,9-10,13H2,1-3H3/p+1. The van der Waals surface area contributed by atoms with Gasteiger partial charge >= 0.3 is 18.1 Å². The Morgan fingerprint density at radius 1 is 1.12 bits per heavy atom. The number of aliphatic carboxylic acids is 1. The molecule has 170 valence electrons. The summed E-state index contributed by atoms with van der Waals surface area (Å²) < 4.78 is 53.9. The first kappa shape index (κ1) is 23.7. The lowest BCUT2D eigenvalue weighted by molar-refractivity contribution is -0.139. The Hall–Kier alpha value is -3.00. The van der Waals surface area contributed by atoms with E-state index in [-0.39, 0.29) is 35.8 Å². The van der Waals surface area contributed by atoms with Gasteiger partial charge in [-0.2, -0.15) is 13.2 Å². The fourth-order valence-electron chi connectivity index (χ4n) is 4.13. The third kappa shape index (κ3) is 4.32. The molecule has 0 fully saturated rings. The van der Waals surface area contributed by atoms with Crippen LogP contribution in [0.1, 0.15) is 43.9 Å². The minimum atomic E-state index is -4.64. The van der Waals surface area contributed by atoms with Crippen LogP contribution in [-0.4, -0.2) is 23.5 Å². The summed E-state index contributed by atoms with van der Waals surface area (Å²) in [5, 5.41) is 9.78. The van der Waals surface area contributed by atoms with Crippen molar-refractivity contribution in [3.8, 4) is 0 Å². The van der Waals surface area contributed by atoms with Crippen LogP contribution < -0.4 is 4.48 Å². The van der Waals surface area contributed by atoms with Crippen molar-refractivity contribution in [3.05, 3.63) is 70.5 Å². The number of nitrogens with zero attached hydrogens (tertiary/aromatic N) is 1. The molecular formula is C24H24F4NO3+. The van der Waals surface area contributed by atoms with Crippen molar-refractivity contribution in [2.45, 2.75) is 39.9 Å². The highest BCUT2D eigenvalue weighted by molar-refractivity contribution is 6.26. The maximum Gasteiger partial charge on any atom is 0.416 e. The smallest absolute Gasteiger partial charge is 0.416 e. The van der Waals surface area contributed by atoms with Gasteiger partial charge in [0.15, 0.2) is 5.57 Å². The lowest BCUT2D eigenvalue weighted by Crippen LogP contribution is -2.58. The van der Waals surface area contributed by atoms with Crippen molar-refractivity contribution < 1.29 is 32.3 Å². The Morgan fingerprint density at radius 2 is 1.81 bits per heavy atom. The number of halogens is 4. The first-order valence-electron chi connectivity index (χ1n) is 10.2. The number of fused-ring (bicyclic) bond motifs is 1. The van der Waals surface area contributed by atoms with E-state index in [2.05, 4.69) is 0 Å². The molecule has 1 amide bonds. The van der Waals surface area contributed by atoms with Crippen LogP contribution in [0.4, 0.5) is 23.2 Å². The number of benzene rings is 2. The molecule has 1 N–H and O–H groups in total. The second-order valence-corrected chi connectivity index (χ2v) is 8.50. The lowest BCUT2D eigenvalue weighted by atomic mass is 9.89. The van der Waals surface area contributed by atoms with Gasteiger partial charge in [0.2, 0.25) is 0 Å². The van der Waals surface area contributed by atoms with Crippen LogP contribution >= 0.6 is 0 Å². The molecule has 0 radical (unpaired) electrons. The minimum Gasteiger partial charge on any atom is -0.477 e. The number of hydrogen-bond donors (Lipinski definition) is 1. The van der Waals surface area contributed by atoms with E-state index in [1.165, 1.54) is 31.2 Å². The second kappa shape index (κ2) is 8.50. The summed E-state index contributed by atoms with van der Waals surface area (Å²) >= 11 is 0. The fraction of sp³-hybridized carbons (Fsp3) is 0.333. The van der Waals surface area contributed by atoms with E-state index in [0.29, 0.717) is 12.0 Å². The Balaban J connectivity index is 2.34. The third-order valence-electron chi connectivity index (χ3n) is 5.81. The molecule has 1 heterocycles. The minimum absolute atomic E-state index is 0.0748.